The molecule has 0 atom stereocenters. The average molecular weight is 192 g/mol. The van der Waals surface area contributed by atoms with Crippen molar-refractivity contribution in [3.05, 3.63) is 24.2 Å². The quantitative estimate of drug-likeness (QED) is 0.734. The van der Waals surface area contributed by atoms with Crippen molar-refractivity contribution in [1.82, 2.24) is 0 Å². The lowest BCUT2D eigenvalue weighted by Gasteiger charge is -2.06. The molecule has 1 aromatic rings. The van der Waals surface area contributed by atoms with E-state index < -0.39 is 0 Å². The fraction of sp³-hybridized carbons (Fsp3) is 0.583. The number of carbonyl (C=O) groups is 1. The lowest BCUT2D eigenvalue weighted by Crippen LogP contribution is -2.07. The highest BCUT2D eigenvalue weighted by molar-refractivity contribution is 5.80. The molecule has 0 spiro atoms. The van der Waals surface area contributed by atoms with Crippen LogP contribution in [0.25, 0.3) is 0 Å². The molecule has 14 heavy (non-hydrogen) atoms. The molecule has 0 radical (unpaired) electrons. The number of ketones is 1. The third-order valence-electron chi connectivity index (χ3n) is 2.97. The van der Waals surface area contributed by atoms with Crippen molar-refractivity contribution < 1.29 is 9.21 Å². The lowest BCUT2D eigenvalue weighted by atomic mass is 9.98. The van der Waals surface area contributed by atoms with E-state index in [0.717, 1.165) is 12.0 Å². The van der Waals surface area contributed by atoms with Crippen LogP contribution in [0.3, 0.4) is 0 Å². The highest BCUT2D eigenvalue weighted by Gasteiger charge is 2.18. The first-order chi connectivity index (χ1) is 6.84. The van der Waals surface area contributed by atoms with E-state index in [-0.39, 0.29) is 0 Å². The highest BCUT2D eigenvalue weighted by atomic mass is 16.3. The Balaban J connectivity index is 1.78. The summed E-state index contributed by atoms with van der Waals surface area (Å²) in [5.74, 6) is 1.02. The van der Waals surface area contributed by atoms with Gasteiger partial charge in [-0.25, -0.2) is 0 Å². The molecular formula is C12H16O2. The third-order valence-corrected chi connectivity index (χ3v) is 2.97. The maximum Gasteiger partial charge on any atom is 0.137 e. The van der Waals surface area contributed by atoms with Gasteiger partial charge >= 0.3 is 0 Å². The highest BCUT2D eigenvalue weighted by Crippen LogP contribution is 2.27. The lowest BCUT2D eigenvalue weighted by molar-refractivity contribution is -0.119. The van der Waals surface area contributed by atoms with Crippen LogP contribution in [0.2, 0.25) is 0 Å². The van der Waals surface area contributed by atoms with Crippen LogP contribution < -0.4 is 0 Å². The van der Waals surface area contributed by atoms with Gasteiger partial charge in [-0.3, -0.25) is 4.79 Å². The standard InChI is InChI=1S/C12H16O2/c13-12(7-10-3-1-2-4-10)8-11-5-6-14-9-11/h5-6,9-10H,1-4,7-8H2. The number of carbonyl (C=O) groups excluding carboxylic acids is 1. The second-order valence-corrected chi connectivity index (χ2v) is 4.20. The second-order valence-electron chi connectivity index (χ2n) is 4.20. The summed E-state index contributed by atoms with van der Waals surface area (Å²) in [5.41, 5.74) is 1.01. The molecule has 2 nitrogen and oxygen atoms in total. The van der Waals surface area contributed by atoms with Gasteiger partial charge in [0.1, 0.15) is 5.78 Å². The fourth-order valence-corrected chi connectivity index (χ4v) is 2.23. The van der Waals surface area contributed by atoms with E-state index in [1.165, 1.54) is 25.7 Å². The van der Waals surface area contributed by atoms with Gasteiger partial charge in [0.25, 0.3) is 0 Å². The number of rotatable bonds is 4. The summed E-state index contributed by atoms with van der Waals surface area (Å²) in [7, 11) is 0. The van der Waals surface area contributed by atoms with Gasteiger partial charge < -0.3 is 4.42 Å². The largest absolute Gasteiger partial charge is 0.472 e. The van der Waals surface area contributed by atoms with Gasteiger partial charge in [0.2, 0.25) is 0 Å². The number of Topliss-reactive ketones (excluding diaryl/α,β-unsaturated/α-hetero) is 1. The van der Waals surface area contributed by atoms with Crippen LogP contribution in [0, 0.1) is 5.92 Å². The Morgan fingerprint density at radius 1 is 1.43 bits per heavy atom. The van der Waals surface area contributed by atoms with Crippen molar-refractivity contribution in [3.63, 3.8) is 0 Å². The normalized spacial score (nSPS) is 17.4. The van der Waals surface area contributed by atoms with E-state index in [4.69, 9.17) is 4.42 Å². The van der Waals surface area contributed by atoms with Crippen molar-refractivity contribution >= 4 is 5.78 Å². The molecule has 1 aromatic heterocycles. The van der Waals surface area contributed by atoms with Crippen LogP contribution >= 0.6 is 0 Å². The Morgan fingerprint density at radius 3 is 2.86 bits per heavy atom. The monoisotopic (exact) mass is 192 g/mol. The molecule has 0 aromatic carbocycles. The maximum absolute atomic E-state index is 11.6. The molecule has 1 fully saturated rings. The summed E-state index contributed by atoms with van der Waals surface area (Å²) in [6.07, 6.45) is 9.71. The van der Waals surface area contributed by atoms with Gasteiger partial charge in [0, 0.05) is 12.8 Å². The Morgan fingerprint density at radius 2 is 2.21 bits per heavy atom. The first-order valence-corrected chi connectivity index (χ1v) is 5.37. The van der Waals surface area contributed by atoms with Crippen LogP contribution in [-0.2, 0) is 11.2 Å². The third kappa shape index (κ3) is 2.47. The zero-order valence-electron chi connectivity index (χ0n) is 8.37. The van der Waals surface area contributed by atoms with E-state index in [9.17, 15) is 4.79 Å². The van der Waals surface area contributed by atoms with Crippen molar-refractivity contribution in [2.75, 3.05) is 0 Å². The molecule has 0 bridgehead atoms. The molecule has 1 aliphatic carbocycles. The van der Waals surface area contributed by atoms with E-state index in [1.54, 1.807) is 12.5 Å². The molecule has 1 saturated carbocycles. The molecule has 2 heteroatoms. The second kappa shape index (κ2) is 4.45. The minimum atomic E-state index is 0.360. The molecule has 76 valence electrons. The molecule has 0 saturated heterocycles. The zero-order chi connectivity index (χ0) is 9.80. The molecule has 0 amide bonds. The predicted octanol–water partition coefficient (Wildman–Crippen LogP) is 2.97. The van der Waals surface area contributed by atoms with Crippen LogP contribution in [0.1, 0.15) is 37.7 Å². The Bertz CT molecular complexity index is 281. The molecule has 0 N–H and O–H groups in total. The van der Waals surface area contributed by atoms with E-state index in [1.807, 2.05) is 6.07 Å². The van der Waals surface area contributed by atoms with Crippen LogP contribution in [-0.4, -0.2) is 5.78 Å². The van der Waals surface area contributed by atoms with Gasteiger partial charge in [0.15, 0.2) is 0 Å². The fourth-order valence-electron chi connectivity index (χ4n) is 2.23. The molecule has 1 aliphatic rings. The Labute approximate surface area is 84.3 Å². The Hall–Kier alpha value is -1.05. The van der Waals surface area contributed by atoms with Crippen molar-refractivity contribution in [2.45, 2.75) is 38.5 Å². The van der Waals surface area contributed by atoms with Gasteiger partial charge in [0.05, 0.1) is 12.5 Å². The van der Waals surface area contributed by atoms with Gasteiger partial charge in [-0.15, -0.1) is 0 Å². The van der Waals surface area contributed by atoms with Gasteiger partial charge in [-0.05, 0) is 17.5 Å². The number of furan rings is 1. The van der Waals surface area contributed by atoms with E-state index >= 15 is 0 Å². The van der Waals surface area contributed by atoms with Crippen LogP contribution in [0.4, 0.5) is 0 Å². The van der Waals surface area contributed by atoms with E-state index in [0.29, 0.717) is 18.1 Å². The first kappa shape index (κ1) is 9.50. The molecule has 2 rings (SSSR count). The topological polar surface area (TPSA) is 30.2 Å². The minimum Gasteiger partial charge on any atom is -0.472 e. The van der Waals surface area contributed by atoms with Crippen molar-refractivity contribution in [2.24, 2.45) is 5.92 Å². The summed E-state index contributed by atoms with van der Waals surface area (Å²) in [4.78, 5) is 11.6. The van der Waals surface area contributed by atoms with Crippen molar-refractivity contribution in [1.29, 1.82) is 0 Å². The molecule has 0 unspecified atom stereocenters. The summed E-state index contributed by atoms with van der Waals surface area (Å²) < 4.78 is 4.93. The zero-order valence-corrected chi connectivity index (χ0v) is 8.37. The van der Waals surface area contributed by atoms with Crippen molar-refractivity contribution in [3.8, 4) is 0 Å². The summed E-state index contributed by atoms with van der Waals surface area (Å²) in [6.45, 7) is 0. The number of hydrogen-bond acceptors (Lipinski definition) is 2. The summed E-state index contributed by atoms with van der Waals surface area (Å²) in [6, 6.07) is 1.87. The average Bonchev–Trinajstić information content (AvgIpc) is 2.76. The summed E-state index contributed by atoms with van der Waals surface area (Å²) >= 11 is 0. The smallest absolute Gasteiger partial charge is 0.137 e. The van der Waals surface area contributed by atoms with Crippen LogP contribution in [0.5, 0.6) is 0 Å². The SMILES string of the molecule is O=C(Cc1ccoc1)CC1CCCC1. The van der Waals surface area contributed by atoms with Gasteiger partial charge in [-0.1, -0.05) is 25.7 Å². The van der Waals surface area contributed by atoms with E-state index in [2.05, 4.69) is 0 Å². The molecule has 0 aliphatic heterocycles. The number of hydrogen-bond donors (Lipinski definition) is 0. The maximum atomic E-state index is 11.6. The minimum absolute atomic E-state index is 0.360. The summed E-state index contributed by atoms with van der Waals surface area (Å²) in [5, 5.41) is 0. The van der Waals surface area contributed by atoms with Crippen LogP contribution in [0.15, 0.2) is 23.0 Å². The molecule has 1 heterocycles. The van der Waals surface area contributed by atoms with Gasteiger partial charge in [-0.2, -0.15) is 0 Å². The Kier molecular flexibility index (Phi) is 3.02. The first-order valence-electron chi connectivity index (χ1n) is 5.37. The predicted molar refractivity (Wildman–Crippen MR) is 54.0 cm³/mol. The molecular weight excluding hydrogens is 176 g/mol.